The van der Waals surface area contributed by atoms with Gasteiger partial charge in [-0.3, -0.25) is 4.79 Å². The van der Waals surface area contributed by atoms with E-state index in [-0.39, 0.29) is 11.6 Å². The molecule has 0 amide bonds. The average molecular weight is 313 g/mol. The zero-order valence-electron chi connectivity index (χ0n) is 9.17. The van der Waals surface area contributed by atoms with Gasteiger partial charge in [0.05, 0.1) is 0 Å². The number of carbonyl (C=O) groups is 1. The van der Waals surface area contributed by atoms with E-state index in [2.05, 4.69) is 15.9 Å². The van der Waals surface area contributed by atoms with Crippen LogP contribution >= 0.6 is 27.3 Å². The molecule has 0 radical (unpaired) electrons. The van der Waals surface area contributed by atoms with Crippen molar-refractivity contribution in [3.63, 3.8) is 0 Å². The highest BCUT2D eigenvalue weighted by Crippen LogP contribution is 2.24. The molecule has 2 rings (SSSR count). The van der Waals surface area contributed by atoms with E-state index in [1.807, 2.05) is 11.4 Å². The predicted octanol–water partition coefficient (Wildman–Crippen LogP) is 4.38. The van der Waals surface area contributed by atoms with Gasteiger partial charge in [-0.05, 0) is 45.9 Å². The van der Waals surface area contributed by atoms with Crippen molar-refractivity contribution >= 4 is 33.0 Å². The van der Waals surface area contributed by atoms with E-state index in [1.54, 1.807) is 19.1 Å². The maximum atomic E-state index is 13.3. The number of thiophene rings is 1. The van der Waals surface area contributed by atoms with Crippen LogP contribution in [0.5, 0.6) is 0 Å². The van der Waals surface area contributed by atoms with Gasteiger partial charge in [-0.2, -0.15) is 0 Å². The van der Waals surface area contributed by atoms with Crippen molar-refractivity contribution in [3.05, 3.63) is 55.9 Å². The highest BCUT2D eigenvalue weighted by Gasteiger charge is 2.11. The van der Waals surface area contributed by atoms with Gasteiger partial charge in [-0.25, -0.2) is 4.39 Å². The van der Waals surface area contributed by atoms with Gasteiger partial charge in [0.1, 0.15) is 5.82 Å². The fourth-order valence-corrected chi connectivity index (χ4v) is 2.96. The zero-order chi connectivity index (χ0) is 12.4. The minimum Gasteiger partial charge on any atom is -0.294 e. The molecule has 0 atom stereocenters. The zero-order valence-corrected chi connectivity index (χ0v) is 11.6. The number of ketones is 1. The second-order valence-corrected chi connectivity index (χ2v) is 5.61. The summed E-state index contributed by atoms with van der Waals surface area (Å²) < 4.78 is 14.3. The fraction of sp³-hybridized carbons (Fsp3) is 0.154. The van der Waals surface area contributed by atoms with Crippen LogP contribution in [0.2, 0.25) is 0 Å². The molecule has 2 aromatic rings. The number of benzene rings is 1. The fourth-order valence-electron chi connectivity index (χ4n) is 1.47. The van der Waals surface area contributed by atoms with Gasteiger partial charge in [-0.15, -0.1) is 11.3 Å². The van der Waals surface area contributed by atoms with Crippen LogP contribution in [0.4, 0.5) is 4.39 Å². The molecule has 0 N–H and O–H groups in total. The third kappa shape index (κ3) is 2.82. The Morgan fingerprint density at radius 2 is 2.18 bits per heavy atom. The second kappa shape index (κ2) is 5.10. The summed E-state index contributed by atoms with van der Waals surface area (Å²) in [6.07, 6.45) is 0.306. The van der Waals surface area contributed by atoms with Crippen LogP contribution in [-0.2, 0) is 6.42 Å². The summed E-state index contributed by atoms with van der Waals surface area (Å²) in [6.45, 7) is 1.68. The van der Waals surface area contributed by atoms with Crippen LogP contribution in [0.3, 0.4) is 0 Å². The lowest BCUT2D eigenvalue weighted by atomic mass is 10.1. The summed E-state index contributed by atoms with van der Waals surface area (Å²) in [4.78, 5) is 12.9. The minimum absolute atomic E-state index is 0.0629. The molecule has 0 aliphatic carbocycles. The molecular formula is C13H10BrFOS. The highest BCUT2D eigenvalue weighted by molar-refractivity contribution is 9.10. The molecule has 1 aromatic heterocycles. The number of hydrogen-bond donors (Lipinski definition) is 0. The first-order valence-electron chi connectivity index (χ1n) is 5.09. The standard InChI is InChI=1S/C13H10BrFOS/c1-8-2-3-9(6-11(8)15)12(16)7-13-10(14)4-5-17-13/h2-6H,7H2,1H3. The second-order valence-electron chi connectivity index (χ2n) is 3.76. The van der Waals surface area contributed by atoms with E-state index in [0.717, 1.165) is 9.35 Å². The molecule has 88 valence electrons. The number of halogens is 2. The van der Waals surface area contributed by atoms with E-state index < -0.39 is 0 Å². The van der Waals surface area contributed by atoms with Gasteiger partial charge in [0.2, 0.25) is 0 Å². The van der Waals surface area contributed by atoms with Crippen molar-refractivity contribution in [2.24, 2.45) is 0 Å². The quantitative estimate of drug-likeness (QED) is 0.768. The van der Waals surface area contributed by atoms with E-state index in [0.29, 0.717) is 17.5 Å². The number of aryl methyl sites for hydroxylation is 1. The molecule has 0 fully saturated rings. The predicted molar refractivity (Wildman–Crippen MR) is 71.2 cm³/mol. The molecule has 1 heterocycles. The topological polar surface area (TPSA) is 17.1 Å². The summed E-state index contributed by atoms with van der Waals surface area (Å²) in [7, 11) is 0. The van der Waals surface area contributed by atoms with Crippen LogP contribution in [0.1, 0.15) is 20.8 Å². The third-order valence-corrected chi connectivity index (χ3v) is 4.43. The number of hydrogen-bond acceptors (Lipinski definition) is 2. The van der Waals surface area contributed by atoms with Crippen LogP contribution in [-0.4, -0.2) is 5.78 Å². The SMILES string of the molecule is Cc1ccc(C(=O)Cc2sccc2Br)cc1F. The molecule has 0 spiro atoms. The van der Waals surface area contributed by atoms with Gasteiger partial charge < -0.3 is 0 Å². The summed E-state index contributed by atoms with van der Waals surface area (Å²) in [6, 6.07) is 6.51. The lowest BCUT2D eigenvalue weighted by Gasteiger charge is -2.02. The normalized spacial score (nSPS) is 10.5. The van der Waals surface area contributed by atoms with E-state index in [9.17, 15) is 9.18 Å². The smallest absolute Gasteiger partial charge is 0.168 e. The monoisotopic (exact) mass is 312 g/mol. The molecule has 0 aliphatic heterocycles. The number of Topliss-reactive ketones (excluding diaryl/α,β-unsaturated/α-hetero) is 1. The Morgan fingerprint density at radius 3 is 2.76 bits per heavy atom. The molecule has 0 aliphatic rings. The summed E-state index contributed by atoms with van der Waals surface area (Å²) in [5.41, 5.74) is 0.979. The van der Waals surface area contributed by atoms with Crippen molar-refractivity contribution in [1.82, 2.24) is 0 Å². The maximum absolute atomic E-state index is 13.3. The molecule has 1 aromatic carbocycles. The van der Waals surface area contributed by atoms with Crippen LogP contribution in [0.15, 0.2) is 34.1 Å². The Balaban J connectivity index is 2.20. The third-order valence-electron chi connectivity index (χ3n) is 2.51. The molecule has 0 unspecified atom stereocenters. The van der Waals surface area contributed by atoms with Gasteiger partial charge in [0, 0.05) is 21.3 Å². The Hall–Kier alpha value is -1.00. The first kappa shape index (κ1) is 12.5. The molecular weight excluding hydrogens is 303 g/mol. The van der Waals surface area contributed by atoms with E-state index >= 15 is 0 Å². The molecule has 0 bridgehead atoms. The first-order chi connectivity index (χ1) is 8.08. The van der Waals surface area contributed by atoms with Crippen molar-refractivity contribution < 1.29 is 9.18 Å². The van der Waals surface area contributed by atoms with Crippen LogP contribution < -0.4 is 0 Å². The molecule has 0 saturated carbocycles. The lowest BCUT2D eigenvalue weighted by Crippen LogP contribution is -2.03. The lowest BCUT2D eigenvalue weighted by molar-refractivity contribution is 0.0993. The molecule has 1 nitrogen and oxygen atoms in total. The highest BCUT2D eigenvalue weighted by atomic mass is 79.9. The molecule has 0 saturated heterocycles. The first-order valence-corrected chi connectivity index (χ1v) is 6.76. The summed E-state index contributed by atoms with van der Waals surface area (Å²) in [5, 5.41) is 1.92. The molecule has 17 heavy (non-hydrogen) atoms. The minimum atomic E-state index is -0.332. The van der Waals surface area contributed by atoms with E-state index in [1.165, 1.54) is 17.4 Å². The van der Waals surface area contributed by atoms with Gasteiger partial charge in [0.25, 0.3) is 0 Å². The van der Waals surface area contributed by atoms with Crippen molar-refractivity contribution in [2.45, 2.75) is 13.3 Å². The Morgan fingerprint density at radius 1 is 1.41 bits per heavy atom. The Labute approximate surface area is 111 Å². The van der Waals surface area contributed by atoms with Crippen molar-refractivity contribution in [1.29, 1.82) is 0 Å². The van der Waals surface area contributed by atoms with E-state index in [4.69, 9.17) is 0 Å². The van der Waals surface area contributed by atoms with Gasteiger partial charge >= 0.3 is 0 Å². The number of carbonyl (C=O) groups excluding carboxylic acids is 1. The van der Waals surface area contributed by atoms with Gasteiger partial charge in [0.15, 0.2) is 5.78 Å². The largest absolute Gasteiger partial charge is 0.294 e. The van der Waals surface area contributed by atoms with Gasteiger partial charge in [-0.1, -0.05) is 12.1 Å². The Kier molecular flexibility index (Phi) is 3.74. The maximum Gasteiger partial charge on any atom is 0.168 e. The summed E-state index contributed by atoms with van der Waals surface area (Å²) >= 11 is 4.90. The van der Waals surface area contributed by atoms with Crippen LogP contribution in [0.25, 0.3) is 0 Å². The summed E-state index contributed by atoms with van der Waals surface area (Å²) in [5.74, 6) is -0.395. The Bertz CT molecular complexity index is 562. The number of rotatable bonds is 3. The van der Waals surface area contributed by atoms with Crippen molar-refractivity contribution in [3.8, 4) is 0 Å². The molecule has 4 heteroatoms. The van der Waals surface area contributed by atoms with Crippen LogP contribution in [0, 0.1) is 12.7 Å². The van der Waals surface area contributed by atoms with Crippen molar-refractivity contribution in [2.75, 3.05) is 0 Å². The average Bonchev–Trinajstić information content (AvgIpc) is 2.68.